The highest BCUT2D eigenvalue weighted by Gasteiger charge is 2.71. The van der Waals surface area contributed by atoms with Crippen LogP contribution >= 0.6 is 15.9 Å². The largest absolute Gasteiger partial charge is 0.398 e. The second kappa shape index (κ2) is 6.99. The van der Waals surface area contributed by atoms with Gasteiger partial charge < -0.3 is 11.1 Å². The number of hydrogen-bond acceptors (Lipinski definition) is 6. The van der Waals surface area contributed by atoms with Crippen molar-refractivity contribution in [3.8, 4) is 18.2 Å². The van der Waals surface area contributed by atoms with Gasteiger partial charge in [-0.2, -0.15) is 15.8 Å². The Hall–Kier alpha value is -3.12. The Balaban J connectivity index is 2.13. The van der Waals surface area contributed by atoms with Gasteiger partial charge in [-0.05, 0) is 36.2 Å². The van der Waals surface area contributed by atoms with Gasteiger partial charge in [-0.1, -0.05) is 35.0 Å². The number of nitrogens with two attached hydrogens (primary N) is 1. The number of nitriles is 3. The summed E-state index contributed by atoms with van der Waals surface area (Å²) in [6.45, 7) is 3.98. The molecule has 1 aromatic carbocycles. The number of carbonyl (C=O) groups is 1. The molecule has 3 N–H and O–H groups in total. The lowest BCUT2D eigenvalue weighted by molar-refractivity contribution is -0.125. The molecule has 2 atom stereocenters. The van der Waals surface area contributed by atoms with Gasteiger partial charge in [0.25, 0.3) is 0 Å². The van der Waals surface area contributed by atoms with E-state index < -0.39 is 22.7 Å². The first kappa shape index (κ1) is 20.2. The Morgan fingerprint density at radius 3 is 2.70 bits per heavy atom. The summed E-state index contributed by atoms with van der Waals surface area (Å²) in [5, 5.41) is 33.4. The average molecular weight is 463 g/mol. The molecule has 0 fully saturated rings. The fourth-order valence-corrected chi connectivity index (χ4v) is 5.62. The van der Waals surface area contributed by atoms with Crippen molar-refractivity contribution in [3.05, 3.63) is 51.2 Å². The van der Waals surface area contributed by atoms with Crippen LogP contribution in [0.25, 0.3) is 0 Å². The Labute approximate surface area is 183 Å². The fraction of sp³-hybridized carbons (Fsp3) is 0.364. The molecule has 1 amide bonds. The number of fused-ring (bicyclic) bond motifs is 4. The molecule has 2 heterocycles. The van der Waals surface area contributed by atoms with Crippen molar-refractivity contribution in [2.75, 3.05) is 25.0 Å². The molecular weight excluding hydrogens is 444 g/mol. The van der Waals surface area contributed by atoms with E-state index in [1.165, 1.54) is 0 Å². The third-order valence-electron chi connectivity index (χ3n) is 6.45. The zero-order chi connectivity index (χ0) is 21.7. The highest BCUT2D eigenvalue weighted by Crippen LogP contribution is 2.62. The van der Waals surface area contributed by atoms with Crippen molar-refractivity contribution in [1.29, 1.82) is 15.8 Å². The summed E-state index contributed by atoms with van der Waals surface area (Å²) >= 11 is 3.41. The lowest BCUT2D eigenvalue weighted by atomic mass is 9.48. The van der Waals surface area contributed by atoms with Crippen LogP contribution in [0.2, 0.25) is 0 Å². The molecule has 0 aromatic heterocycles. The first-order chi connectivity index (χ1) is 14.4. The van der Waals surface area contributed by atoms with Crippen molar-refractivity contribution in [2.45, 2.75) is 18.8 Å². The number of benzene rings is 1. The Kier molecular flexibility index (Phi) is 4.70. The van der Waals surface area contributed by atoms with Gasteiger partial charge in [-0.25, -0.2) is 0 Å². The van der Waals surface area contributed by atoms with Crippen molar-refractivity contribution in [2.24, 2.45) is 17.1 Å². The molecule has 2 unspecified atom stereocenters. The number of nitrogens with one attached hydrogen (secondary N) is 1. The van der Waals surface area contributed by atoms with Gasteiger partial charge in [-0.3, -0.25) is 9.69 Å². The number of halogens is 1. The van der Waals surface area contributed by atoms with Crippen LogP contribution in [-0.2, 0) is 10.2 Å². The molecule has 1 aromatic rings. The standard InChI is InChI=1S/C22H19BrN6O/c1-2-6-29-7-5-14-17(10-29)22(21(11-25,12-26)16(9-24)19(14)27)15-4-3-13(23)8-18(15)28-20(22)30/h3-5,8,17H,2,6-7,10,27H2,1H3,(H,28,30). The van der Waals surface area contributed by atoms with Gasteiger partial charge in [0.2, 0.25) is 5.91 Å². The summed E-state index contributed by atoms with van der Waals surface area (Å²) in [5.41, 5.74) is 4.51. The first-order valence-electron chi connectivity index (χ1n) is 9.68. The molecule has 2 aliphatic heterocycles. The molecule has 4 rings (SSSR count). The van der Waals surface area contributed by atoms with Crippen LogP contribution in [0.4, 0.5) is 5.69 Å². The minimum absolute atomic E-state index is 0.144. The van der Waals surface area contributed by atoms with Crippen molar-refractivity contribution in [1.82, 2.24) is 4.90 Å². The predicted molar refractivity (Wildman–Crippen MR) is 113 cm³/mol. The maximum atomic E-state index is 13.7. The molecule has 30 heavy (non-hydrogen) atoms. The fourth-order valence-electron chi connectivity index (χ4n) is 5.25. The molecule has 3 aliphatic rings. The van der Waals surface area contributed by atoms with E-state index in [9.17, 15) is 20.6 Å². The molecule has 8 heteroatoms. The van der Waals surface area contributed by atoms with E-state index in [0.29, 0.717) is 29.9 Å². The monoisotopic (exact) mass is 462 g/mol. The van der Waals surface area contributed by atoms with E-state index in [1.54, 1.807) is 18.2 Å². The molecule has 0 saturated heterocycles. The first-order valence-corrected chi connectivity index (χ1v) is 10.5. The summed E-state index contributed by atoms with van der Waals surface area (Å²) in [5.74, 6) is -0.982. The maximum Gasteiger partial charge on any atom is 0.238 e. The Bertz CT molecular complexity index is 1130. The number of carbonyl (C=O) groups excluding carboxylic acids is 1. The summed E-state index contributed by atoms with van der Waals surface area (Å²) in [4.78, 5) is 15.9. The van der Waals surface area contributed by atoms with Gasteiger partial charge >= 0.3 is 0 Å². The van der Waals surface area contributed by atoms with Crippen LogP contribution in [0.15, 0.2) is 45.6 Å². The zero-order valence-corrected chi connectivity index (χ0v) is 18.0. The average Bonchev–Trinajstić information content (AvgIpc) is 3.03. The SMILES string of the molecule is CCCN1CC=C2C(N)=C(C#N)C(C#N)(C#N)C3(C(=O)Nc4cc(Br)ccc43)C2C1. The van der Waals surface area contributed by atoms with Crippen molar-refractivity contribution >= 4 is 27.5 Å². The number of allylic oxidation sites excluding steroid dienone is 2. The number of hydrogen-bond donors (Lipinski definition) is 2. The zero-order valence-electron chi connectivity index (χ0n) is 16.4. The molecule has 1 aliphatic carbocycles. The van der Waals surface area contributed by atoms with Gasteiger partial charge in [0, 0.05) is 29.2 Å². The smallest absolute Gasteiger partial charge is 0.238 e. The van der Waals surface area contributed by atoms with E-state index >= 15 is 0 Å². The number of amides is 1. The lowest BCUT2D eigenvalue weighted by Gasteiger charge is -2.50. The third kappa shape index (κ3) is 2.28. The van der Waals surface area contributed by atoms with Gasteiger partial charge in [-0.15, -0.1) is 0 Å². The summed E-state index contributed by atoms with van der Waals surface area (Å²) in [7, 11) is 0. The molecular formula is C22H19BrN6O. The molecule has 0 bridgehead atoms. The highest BCUT2D eigenvalue weighted by molar-refractivity contribution is 9.10. The van der Waals surface area contributed by atoms with E-state index in [1.807, 2.05) is 12.1 Å². The summed E-state index contributed by atoms with van der Waals surface area (Å²) in [6.07, 6.45) is 2.86. The minimum atomic E-state index is -2.04. The van der Waals surface area contributed by atoms with E-state index in [4.69, 9.17) is 5.73 Å². The van der Waals surface area contributed by atoms with Gasteiger partial charge in [0.15, 0.2) is 5.41 Å². The molecule has 0 radical (unpaired) electrons. The van der Waals surface area contributed by atoms with Crippen LogP contribution in [0, 0.1) is 45.3 Å². The predicted octanol–water partition coefficient (Wildman–Crippen LogP) is 2.69. The molecule has 0 saturated carbocycles. The second-order valence-corrected chi connectivity index (χ2v) is 8.71. The lowest BCUT2D eigenvalue weighted by Crippen LogP contribution is -2.62. The van der Waals surface area contributed by atoms with E-state index in [0.717, 1.165) is 17.4 Å². The van der Waals surface area contributed by atoms with Crippen LogP contribution in [-0.4, -0.2) is 30.4 Å². The highest BCUT2D eigenvalue weighted by atomic mass is 79.9. The summed E-state index contributed by atoms with van der Waals surface area (Å²) in [6, 6.07) is 11.4. The second-order valence-electron chi connectivity index (χ2n) is 7.80. The molecule has 150 valence electrons. The number of rotatable bonds is 2. The number of nitrogens with zero attached hydrogens (tertiary/aromatic N) is 4. The molecule has 7 nitrogen and oxygen atoms in total. The third-order valence-corrected chi connectivity index (χ3v) is 6.95. The quantitative estimate of drug-likeness (QED) is 0.694. The topological polar surface area (TPSA) is 130 Å². The van der Waals surface area contributed by atoms with Crippen LogP contribution in [0.3, 0.4) is 0 Å². The van der Waals surface area contributed by atoms with Crippen LogP contribution in [0.5, 0.6) is 0 Å². The van der Waals surface area contributed by atoms with Crippen molar-refractivity contribution < 1.29 is 4.79 Å². The van der Waals surface area contributed by atoms with E-state index in [2.05, 4.69) is 45.2 Å². The normalized spacial score (nSPS) is 26.7. The van der Waals surface area contributed by atoms with E-state index in [-0.39, 0.29) is 11.3 Å². The van der Waals surface area contributed by atoms with Crippen LogP contribution in [0.1, 0.15) is 18.9 Å². The maximum absolute atomic E-state index is 13.7. The van der Waals surface area contributed by atoms with Gasteiger partial charge in [0.1, 0.15) is 5.41 Å². The molecule has 1 spiro atoms. The Morgan fingerprint density at radius 1 is 1.33 bits per heavy atom. The van der Waals surface area contributed by atoms with Crippen LogP contribution < -0.4 is 11.1 Å². The summed E-state index contributed by atoms with van der Waals surface area (Å²) < 4.78 is 0.761. The Morgan fingerprint density at radius 2 is 2.07 bits per heavy atom. The van der Waals surface area contributed by atoms with Crippen molar-refractivity contribution in [3.63, 3.8) is 0 Å². The van der Waals surface area contributed by atoms with Gasteiger partial charge in [0.05, 0.1) is 29.5 Å². The minimum Gasteiger partial charge on any atom is -0.398 e. The number of anilines is 1.